The average molecular weight is 270 g/mol. The molecular weight excluding hydrogens is 248 g/mol. The molecule has 0 spiro atoms. The van der Waals surface area contributed by atoms with Gasteiger partial charge in [-0.25, -0.2) is 0 Å². The summed E-state index contributed by atoms with van der Waals surface area (Å²) >= 11 is 0. The third kappa shape index (κ3) is 3.05. The van der Waals surface area contributed by atoms with Gasteiger partial charge in [0.05, 0.1) is 6.61 Å². The van der Waals surface area contributed by atoms with Crippen molar-refractivity contribution in [1.29, 1.82) is 0 Å². The second-order valence-corrected chi connectivity index (χ2v) is 5.04. The van der Waals surface area contributed by atoms with Crippen LogP contribution in [0.3, 0.4) is 0 Å². The summed E-state index contributed by atoms with van der Waals surface area (Å²) in [6.45, 7) is 6.83. The van der Waals surface area contributed by atoms with Gasteiger partial charge in [0, 0.05) is 36.2 Å². The van der Waals surface area contributed by atoms with E-state index in [0.29, 0.717) is 12.3 Å². The smallest absolute Gasteiger partial charge is 0.123 e. The third-order valence-electron chi connectivity index (χ3n) is 3.33. The Bertz CT molecular complexity index is 608. The number of aryl methyl sites for hydroxylation is 2. The molecule has 0 bridgehead atoms. The molecule has 0 heterocycles. The van der Waals surface area contributed by atoms with E-state index in [4.69, 9.17) is 10.5 Å². The van der Waals surface area contributed by atoms with Gasteiger partial charge in [-0.1, -0.05) is 17.7 Å². The van der Waals surface area contributed by atoms with Gasteiger partial charge >= 0.3 is 0 Å². The molecule has 106 valence electrons. The van der Waals surface area contributed by atoms with Crippen LogP contribution in [0.4, 0.5) is 17.1 Å². The van der Waals surface area contributed by atoms with Gasteiger partial charge in [0.2, 0.25) is 0 Å². The molecule has 0 amide bonds. The van der Waals surface area contributed by atoms with Crippen LogP contribution >= 0.6 is 0 Å². The molecule has 0 radical (unpaired) electrons. The highest BCUT2D eigenvalue weighted by Gasteiger charge is 2.09. The Labute approximate surface area is 121 Å². The molecule has 3 heteroatoms. The maximum Gasteiger partial charge on any atom is 0.123 e. The quantitative estimate of drug-likeness (QED) is 0.852. The predicted octanol–water partition coefficient (Wildman–Crippen LogP) is 4.05. The van der Waals surface area contributed by atoms with Crippen molar-refractivity contribution in [2.45, 2.75) is 20.8 Å². The number of rotatable bonds is 4. The first-order valence-corrected chi connectivity index (χ1v) is 6.85. The molecule has 0 aliphatic heterocycles. The van der Waals surface area contributed by atoms with E-state index >= 15 is 0 Å². The van der Waals surface area contributed by atoms with E-state index in [1.165, 1.54) is 16.8 Å². The summed E-state index contributed by atoms with van der Waals surface area (Å²) in [5.74, 6) is 0.805. The van der Waals surface area contributed by atoms with Crippen molar-refractivity contribution in [2.75, 3.05) is 24.3 Å². The van der Waals surface area contributed by atoms with Crippen molar-refractivity contribution in [1.82, 2.24) is 0 Å². The number of benzene rings is 2. The van der Waals surface area contributed by atoms with Crippen LogP contribution in [0.5, 0.6) is 5.75 Å². The van der Waals surface area contributed by atoms with Crippen LogP contribution in [0.2, 0.25) is 0 Å². The van der Waals surface area contributed by atoms with Gasteiger partial charge in [-0.15, -0.1) is 0 Å². The van der Waals surface area contributed by atoms with Crippen LogP contribution in [-0.4, -0.2) is 13.7 Å². The second kappa shape index (κ2) is 5.87. The summed E-state index contributed by atoms with van der Waals surface area (Å²) in [5.41, 5.74) is 11.4. The van der Waals surface area contributed by atoms with E-state index in [9.17, 15) is 0 Å². The molecule has 0 fully saturated rings. The van der Waals surface area contributed by atoms with Crippen molar-refractivity contribution in [2.24, 2.45) is 0 Å². The van der Waals surface area contributed by atoms with Crippen molar-refractivity contribution in [3.8, 4) is 5.75 Å². The molecule has 20 heavy (non-hydrogen) atoms. The molecule has 0 aliphatic rings. The first-order chi connectivity index (χ1) is 9.51. The zero-order valence-electron chi connectivity index (χ0n) is 12.6. The van der Waals surface area contributed by atoms with Gasteiger partial charge in [0.1, 0.15) is 5.75 Å². The first kappa shape index (κ1) is 14.3. The van der Waals surface area contributed by atoms with Crippen LogP contribution in [0.15, 0.2) is 36.4 Å². The molecule has 2 N–H and O–H groups in total. The molecule has 2 rings (SSSR count). The summed E-state index contributed by atoms with van der Waals surface area (Å²) in [4.78, 5) is 2.13. The summed E-state index contributed by atoms with van der Waals surface area (Å²) in [6, 6.07) is 12.3. The monoisotopic (exact) mass is 270 g/mol. The number of hydrogen-bond acceptors (Lipinski definition) is 3. The number of hydrogen-bond donors (Lipinski definition) is 1. The maximum absolute atomic E-state index is 5.96. The van der Waals surface area contributed by atoms with E-state index in [0.717, 1.165) is 11.4 Å². The van der Waals surface area contributed by atoms with Crippen LogP contribution in [0, 0.1) is 13.8 Å². The Morgan fingerprint density at radius 1 is 1.10 bits per heavy atom. The second-order valence-electron chi connectivity index (χ2n) is 5.04. The van der Waals surface area contributed by atoms with E-state index in [1.807, 2.05) is 32.2 Å². The Morgan fingerprint density at radius 2 is 1.85 bits per heavy atom. The lowest BCUT2D eigenvalue weighted by molar-refractivity contribution is 0.340. The lowest BCUT2D eigenvalue weighted by Crippen LogP contribution is -2.11. The van der Waals surface area contributed by atoms with Crippen molar-refractivity contribution in [3.05, 3.63) is 47.5 Å². The lowest BCUT2D eigenvalue weighted by atomic mass is 10.1. The highest BCUT2D eigenvalue weighted by Crippen LogP contribution is 2.31. The fraction of sp³-hybridized carbons (Fsp3) is 0.294. The molecule has 0 unspecified atom stereocenters. The highest BCUT2D eigenvalue weighted by molar-refractivity contribution is 5.70. The maximum atomic E-state index is 5.96. The van der Waals surface area contributed by atoms with Crippen molar-refractivity contribution < 1.29 is 4.74 Å². The Morgan fingerprint density at radius 3 is 2.50 bits per heavy atom. The highest BCUT2D eigenvalue weighted by atomic mass is 16.5. The van der Waals surface area contributed by atoms with Crippen LogP contribution in [0.25, 0.3) is 0 Å². The Kier molecular flexibility index (Phi) is 4.18. The summed E-state index contributed by atoms with van der Waals surface area (Å²) in [7, 11) is 2.04. The Balaban J connectivity index is 2.39. The normalized spacial score (nSPS) is 10.4. The number of nitrogen functional groups attached to an aromatic ring is 1. The van der Waals surface area contributed by atoms with E-state index in [1.54, 1.807) is 0 Å². The molecule has 0 aromatic heterocycles. The minimum atomic E-state index is 0.635. The van der Waals surface area contributed by atoms with Crippen LogP contribution in [-0.2, 0) is 0 Å². The number of nitrogens with zero attached hydrogens (tertiary/aromatic N) is 1. The summed E-state index contributed by atoms with van der Waals surface area (Å²) < 4.78 is 5.56. The zero-order chi connectivity index (χ0) is 14.7. The topological polar surface area (TPSA) is 38.5 Å². The van der Waals surface area contributed by atoms with Crippen molar-refractivity contribution >= 4 is 17.1 Å². The van der Waals surface area contributed by atoms with Gasteiger partial charge in [-0.2, -0.15) is 0 Å². The molecule has 0 atom stereocenters. The molecule has 3 nitrogen and oxygen atoms in total. The first-order valence-electron chi connectivity index (χ1n) is 6.85. The van der Waals surface area contributed by atoms with Gasteiger partial charge in [-0.3, -0.25) is 0 Å². The fourth-order valence-electron chi connectivity index (χ4n) is 2.37. The molecule has 0 saturated heterocycles. The average Bonchev–Trinajstić information content (AvgIpc) is 2.37. The SMILES string of the molecule is CCOc1cc(N)cc(N(C)c2ccc(C)cc2C)c1. The minimum Gasteiger partial charge on any atom is -0.494 e. The van der Waals surface area contributed by atoms with Crippen LogP contribution in [0.1, 0.15) is 18.1 Å². The van der Waals surface area contributed by atoms with Gasteiger partial charge in [0.15, 0.2) is 0 Å². The van der Waals surface area contributed by atoms with E-state index in [-0.39, 0.29) is 0 Å². The summed E-state index contributed by atoms with van der Waals surface area (Å²) in [5, 5.41) is 0. The summed E-state index contributed by atoms with van der Waals surface area (Å²) in [6.07, 6.45) is 0. The molecule has 2 aromatic rings. The van der Waals surface area contributed by atoms with Gasteiger partial charge < -0.3 is 15.4 Å². The number of nitrogens with two attached hydrogens (primary N) is 1. The Hall–Kier alpha value is -2.16. The largest absolute Gasteiger partial charge is 0.494 e. The predicted molar refractivity (Wildman–Crippen MR) is 86.0 cm³/mol. The van der Waals surface area contributed by atoms with E-state index < -0.39 is 0 Å². The third-order valence-corrected chi connectivity index (χ3v) is 3.33. The zero-order valence-corrected chi connectivity index (χ0v) is 12.6. The molecule has 2 aromatic carbocycles. The molecule has 0 aliphatic carbocycles. The number of anilines is 3. The van der Waals surface area contributed by atoms with Crippen LogP contribution < -0.4 is 15.4 Å². The lowest BCUT2D eigenvalue weighted by Gasteiger charge is -2.23. The van der Waals surface area contributed by atoms with Gasteiger partial charge in [0.25, 0.3) is 0 Å². The molecule has 0 saturated carbocycles. The van der Waals surface area contributed by atoms with Gasteiger partial charge in [-0.05, 0) is 38.5 Å². The van der Waals surface area contributed by atoms with Crippen molar-refractivity contribution in [3.63, 3.8) is 0 Å². The fourth-order valence-corrected chi connectivity index (χ4v) is 2.37. The molecular formula is C17H22N2O. The number of ether oxygens (including phenoxy) is 1. The minimum absolute atomic E-state index is 0.635. The standard InChI is InChI=1S/C17H22N2O/c1-5-20-16-10-14(18)9-15(11-16)19(4)17-7-6-12(2)8-13(17)3/h6-11H,5,18H2,1-4H3. The van der Waals surface area contributed by atoms with E-state index in [2.05, 4.69) is 36.9 Å².